The molecule has 1 aromatic heterocycles. The number of benzene rings is 1. The monoisotopic (exact) mass is 341 g/mol. The lowest BCUT2D eigenvalue weighted by Crippen LogP contribution is -2.30. The van der Waals surface area contributed by atoms with Crippen LogP contribution in [0.5, 0.6) is 0 Å². The van der Waals surface area contributed by atoms with Crippen molar-refractivity contribution in [3.8, 4) is 0 Å². The molecule has 1 N–H and O–H groups in total. The van der Waals surface area contributed by atoms with E-state index in [1.165, 1.54) is 6.92 Å². The Bertz CT molecular complexity index is 736. The summed E-state index contributed by atoms with van der Waals surface area (Å²) in [7, 11) is 0. The first-order chi connectivity index (χ1) is 10.9. The molecule has 1 heterocycles. The zero-order valence-corrected chi connectivity index (χ0v) is 13.1. The van der Waals surface area contributed by atoms with Gasteiger partial charge in [0.05, 0.1) is 11.4 Å². The van der Waals surface area contributed by atoms with Gasteiger partial charge in [0.1, 0.15) is 11.6 Å². The van der Waals surface area contributed by atoms with Crippen LogP contribution in [-0.4, -0.2) is 27.6 Å². The lowest BCUT2D eigenvalue weighted by atomic mass is 10.2. The van der Waals surface area contributed by atoms with Crippen LogP contribution >= 0.6 is 11.5 Å². The van der Waals surface area contributed by atoms with E-state index in [4.69, 9.17) is 4.74 Å². The number of carbonyl (C=O) groups excluding carboxylic acids is 2. The highest BCUT2D eigenvalue weighted by molar-refractivity contribution is 7.07. The molecule has 1 aromatic carbocycles. The predicted molar refractivity (Wildman–Crippen MR) is 79.2 cm³/mol. The van der Waals surface area contributed by atoms with Crippen LogP contribution in [0, 0.1) is 11.6 Å². The molecule has 122 valence electrons. The summed E-state index contributed by atoms with van der Waals surface area (Å²) < 4.78 is 35.0. The average molecular weight is 341 g/mol. The Kier molecular flexibility index (Phi) is 5.32. The van der Waals surface area contributed by atoms with Gasteiger partial charge in [-0.05, 0) is 37.0 Å². The fourth-order valence-electron chi connectivity index (χ4n) is 1.69. The topological polar surface area (TPSA) is 81.2 Å². The number of rotatable bonds is 5. The van der Waals surface area contributed by atoms with Crippen LogP contribution in [0.3, 0.4) is 0 Å². The van der Waals surface area contributed by atoms with Gasteiger partial charge in [0.15, 0.2) is 11.0 Å². The highest BCUT2D eigenvalue weighted by Crippen LogP contribution is 2.17. The largest absolute Gasteiger partial charge is 0.448 e. The fourth-order valence-corrected chi connectivity index (χ4v) is 2.32. The highest BCUT2D eigenvalue weighted by Gasteiger charge is 2.23. The Morgan fingerprint density at radius 3 is 2.78 bits per heavy atom. The van der Waals surface area contributed by atoms with Crippen LogP contribution in [0.25, 0.3) is 0 Å². The van der Waals surface area contributed by atoms with E-state index in [-0.39, 0.29) is 10.6 Å². The van der Waals surface area contributed by atoms with E-state index in [1.807, 2.05) is 0 Å². The van der Waals surface area contributed by atoms with Gasteiger partial charge in [-0.15, -0.1) is 5.10 Å². The van der Waals surface area contributed by atoms with Crippen molar-refractivity contribution in [3.63, 3.8) is 0 Å². The second-order valence-corrected chi connectivity index (χ2v) is 5.32. The van der Waals surface area contributed by atoms with Crippen LogP contribution in [-0.2, 0) is 16.0 Å². The zero-order valence-electron chi connectivity index (χ0n) is 12.3. The van der Waals surface area contributed by atoms with Gasteiger partial charge in [0.2, 0.25) is 0 Å². The van der Waals surface area contributed by atoms with Gasteiger partial charge >= 0.3 is 5.97 Å². The summed E-state index contributed by atoms with van der Waals surface area (Å²) in [6.07, 6.45) is -0.666. The Morgan fingerprint density at radius 1 is 1.39 bits per heavy atom. The second-order valence-electron chi connectivity index (χ2n) is 4.56. The summed E-state index contributed by atoms with van der Waals surface area (Å²) >= 11 is 0.875. The molecule has 0 fully saturated rings. The Labute approximate surface area is 134 Å². The Balaban J connectivity index is 2.01. The second kappa shape index (κ2) is 7.23. The quantitative estimate of drug-likeness (QED) is 0.845. The molecule has 23 heavy (non-hydrogen) atoms. The molecule has 0 radical (unpaired) electrons. The number of ether oxygens (including phenoxy) is 1. The maximum Gasteiger partial charge on any atom is 0.352 e. The van der Waals surface area contributed by atoms with Crippen molar-refractivity contribution in [2.75, 3.05) is 5.32 Å². The maximum absolute atomic E-state index is 13.5. The third-order valence-electron chi connectivity index (χ3n) is 2.92. The van der Waals surface area contributed by atoms with Crippen LogP contribution in [0.4, 0.5) is 14.5 Å². The van der Waals surface area contributed by atoms with Gasteiger partial charge in [-0.2, -0.15) is 0 Å². The number of halogens is 2. The van der Waals surface area contributed by atoms with Gasteiger partial charge in [0.25, 0.3) is 5.91 Å². The van der Waals surface area contributed by atoms with Crippen LogP contribution in [0.1, 0.15) is 29.2 Å². The standard InChI is InChI=1S/C14H13F2N3O3S/c1-3-10-12(23-19-18-10)14(21)22-7(2)13(20)17-11-5-4-8(15)6-9(11)16/h4-7H,3H2,1-2H3,(H,17,20)/t7-/m1/s1. The number of hydrogen-bond acceptors (Lipinski definition) is 6. The number of nitrogens with one attached hydrogen (secondary N) is 1. The molecule has 6 nitrogen and oxygen atoms in total. The molecule has 0 saturated carbocycles. The minimum atomic E-state index is -1.17. The molecule has 0 aliphatic heterocycles. The summed E-state index contributed by atoms with van der Waals surface area (Å²) in [5.41, 5.74) is 0.283. The molecule has 2 rings (SSSR count). The molecule has 0 aliphatic rings. The van der Waals surface area contributed by atoms with Crippen molar-refractivity contribution >= 4 is 29.1 Å². The van der Waals surface area contributed by atoms with E-state index in [2.05, 4.69) is 14.9 Å². The molecule has 0 unspecified atom stereocenters. The third-order valence-corrected chi connectivity index (χ3v) is 3.67. The van der Waals surface area contributed by atoms with Gasteiger partial charge < -0.3 is 10.1 Å². The first-order valence-electron chi connectivity index (χ1n) is 6.70. The van der Waals surface area contributed by atoms with Crippen molar-refractivity contribution in [2.45, 2.75) is 26.4 Å². The van der Waals surface area contributed by atoms with E-state index < -0.39 is 29.6 Å². The first-order valence-corrected chi connectivity index (χ1v) is 7.47. The van der Waals surface area contributed by atoms with E-state index >= 15 is 0 Å². The summed E-state index contributed by atoms with van der Waals surface area (Å²) in [4.78, 5) is 24.1. The molecular formula is C14H13F2N3O3S. The van der Waals surface area contributed by atoms with E-state index in [0.717, 1.165) is 23.7 Å². The number of carbonyl (C=O) groups is 2. The third kappa shape index (κ3) is 4.07. The summed E-state index contributed by atoms with van der Waals surface area (Å²) in [5.74, 6) is -3.14. The Morgan fingerprint density at radius 2 is 2.13 bits per heavy atom. The normalized spacial score (nSPS) is 11.8. The lowest BCUT2D eigenvalue weighted by molar-refractivity contribution is -0.123. The molecule has 0 spiro atoms. The molecule has 2 aromatic rings. The minimum Gasteiger partial charge on any atom is -0.448 e. The van der Waals surface area contributed by atoms with Crippen molar-refractivity contribution in [1.82, 2.24) is 9.59 Å². The molecular weight excluding hydrogens is 328 g/mol. The lowest BCUT2D eigenvalue weighted by Gasteiger charge is -2.13. The molecule has 1 atom stereocenters. The molecule has 0 saturated heterocycles. The minimum absolute atomic E-state index is 0.201. The SMILES string of the molecule is CCc1nnsc1C(=O)O[C@H](C)C(=O)Nc1ccc(F)cc1F. The van der Waals surface area contributed by atoms with Gasteiger partial charge in [0, 0.05) is 6.07 Å². The van der Waals surface area contributed by atoms with E-state index in [0.29, 0.717) is 18.2 Å². The highest BCUT2D eigenvalue weighted by atomic mass is 32.1. The smallest absolute Gasteiger partial charge is 0.352 e. The number of anilines is 1. The van der Waals surface area contributed by atoms with E-state index in [1.54, 1.807) is 6.92 Å². The number of aromatic nitrogens is 2. The number of nitrogens with zero attached hydrogens (tertiary/aromatic N) is 2. The van der Waals surface area contributed by atoms with Crippen molar-refractivity contribution in [1.29, 1.82) is 0 Å². The van der Waals surface area contributed by atoms with Crippen molar-refractivity contribution in [2.24, 2.45) is 0 Å². The molecule has 1 amide bonds. The number of amides is 1. The van der Waals surface area contributed by atoms with Crippen molar-refractivity contribution in [3.05, 3.63) is 40.4 Å². The zero-order chi connectivity index (χ0) is 17.0. The molecule has 9 heteroatoms. The van der Waals surface area contributed by atoms with Gasteiger partial charge in [-0.1, -0.05) is 11.4 Å². The summed E-state index contributed by atoms with van der Waals surface area (Å²) in [6.45, 7) is 3.15. The number of hydrogen-bond donors (Lipinski definition) is 1. The van der Waals surface area contributed by atoms with Crippen LogP contribution in [0.2, 0.25) is 0 Å². The maximum atomic E-state index is 13.5. The summed E-state index contributed by atoms with van der Waals surface area (Å²) in [5, 5.41) is 6.01. The van der Waals surface area contributed by atoms with Gasteiger partial charge in [-0.3, -0.25) is 4.79 Å². The molecule has 0 bridgehead atoms. The van der Waals surface area contributed by atoms with Crippen LogP contribution in [0.15, 0.2) is 18.2 Å². The first kappa shape index (κ1) is 16.9. The number of aryl methyl sites for hydroxylation is 1. The fraction of sp³-hybridized carbons (Fsp3) is 0.286. The predicted octanol–water partition coefficient (Wildman–Crippen LogP) is 2.56. The average Bonchev–Trinajstić information content (AvgIpc) is 2.98. The van der Waals surface area contributed by atoms with Crippen molar-refractivity contribution < 1.29 is 23.1 Å². The summed E-state index contributed by atoms with van der Waals surface area (Å²) in [6, 6.07) is 2.73. The molecule has 0 aliphatic carbocycles. The van der Waals surface area contributed by atoms with Gasteiger partial charge in [-0.25, -0.2) is 13.6 Å². The van der Waals surface area contributed by atoms with E-state index in [9.17, 15) is 18.4 Å². The number of esters is 1. The Hall–Kier alpha value is -2.42. The van der Waals surface area contributed by atoms with Crippen LogP contribution < -0.4 is 5.32 Å².